The molecule has 0 spiro atoms. The Kier molecular flexibility index (Phi) is 5.58. The van der Waals surface area contributed by atoms with Crippen LogP contribution in [0.4, 0.5) is 0 Å². The first-order valence-electron chi connectivity index (χ1n) is 7.22. The van der Waals surface area contributed by atoms with Gasteiger partial charge in [0.05, 0.1) is 6.61 Å². The summed E-state index contributed by atoms with van der Waals surface area (Å²) in [5.41, 5.74) is 7.12. The van der Waals surface area contributed by atoms with Gasteiger partial charge in [-0.3, -0.25) is 4.99 Å². The van der Waals surface area contributed by atoms with E-state index in [-0.39, 0.29) is 6.04 Å². The molecule has 0 aromatic heterocycles. The minimum absolute atomic E-state index is 0.166. The van der Waals surface area contributed by atoms with E-state index in [1.54, 1.807) is 7.11 Å². The molecule has 1 unspecified atom stereocenters. The molecule has 2 rings (SSSR count). The largest absolute Gasteiger partial charge is 0.383 e. The van der Waals surface area contributed by atoms with Crippen molar-refractivity contribution in [2.24, 2.45) is 10.7 Å². The highest BCUT2D eigenvalue weighted by Crippen LogP contribution is 2.15. The number of hydrogen-bond donors (Lipinski definition) is 2. The highest BCUT2D eigenvalue weighted by atomic mass is 16.5. The smallest absolute Gasteiger partial charge is 0.188 e. The molecule has 0 aliphatic heterocycles. The Morgan fingerprint density at radius 3 is 2.76 bits per heavy atom. The number of fused-ring (bicyclic) bond motifs is 1. The van der Waals surface area contributed by atoms with Gasteiger partial charge in [-0.1, -0.05) is 42.5 Å². The number of nitrogens with one attached hydrogen (secondary N) is 1. The summed E-state index contributed by atoms with van der Waals surface area (Å²) in [5.74, 6) is 0.473. The average Bonchev–Trinajstić information content (AvgIpc) is 2.47. The zero-order chi connectivity index (χ0) is 15.1. The lowest BCUT2D eigenvalue weighted by molar-refractivity contribution is 0.179. The summed E-state index contributed by atoms with van der Waals surface area (Å²) in [6.45, 7) is 3.30. The van der Waals surface area contributed by atoms with E-state index < -0.39 is 0 Å². The first kappa shape index (κ1) is 15.3. The summed E-state index contributed by atoms with van der Waals surface area (Å²) >= 11 is 0. The van der Waals surface area contributed by atoms with Crippen molar-refractivity contribution in [1.82, 2.24) is 5.32 Å². The molecule has 3 N–H and O–H groups in total. The van der Waals surface area contributed by atoms with E-state index in [4.69, 9.17) is 10.5 Å². The molecule has 0 aliphatic carbocycles. The predicted molar refractivity (Wildman–Crippen MR) is 88.6 cm³/mol. The lowest BCUT2D eigenvalue weighted by Gasteiger charge is -2.13. The van der Waals surface area contributed by atoms with Gasteiger partial charge in [-0.05, 0) is 29.7 Å². The molecule has 2 aromatic rings. The molecule has 0 amide bonds. The van der Waals surface area contributed by atoms with Crippen LogP contribution in [0, 0.1) is 0 Å². The SMILES string of the molecule is COCC(C)NC(N)=NCCc1ccc2ccccc2c1. The van der Waals surface area contributed by atoms with Crippen LogP contribution in [-0.4, -0.2) is 32.3 Å². The van der Waals surface area contributed by atoms with E-state index in [1.807, 2.05) is 6.92 Å². The second kappa shape index (κ2) is 7.64. The maximum Gasteiger partial charge on any atom is 0.188 e. The van der Waals surface area contributed by atoms with Gasteiger partial charge in [0.15, 0.2) is 5.96 Å². The molecule has 4 nitrogen and oxygen atoms in total. The number of rotatable bonds is 6. The van der Waals surface area contributed by atoms with E-state index in [0.29, 0.717) is 19.1 Å². The third-order valence-electron chi connectivity index (χ3n) is 3.31. The normalized spacial score (nSPS) is 13.3. The van der Waals surface area contributed by atoms with Crippen LogP contribution in [0.25, 0.3) is 10.8 Å². The molecule has 0 saturated heterocycles. The van der Waals surface area contributed by atoms with Gasteiger partial charge in [0, 0.05) is 19.7 Å². The second-order valence-electron chi connectivity index (χ2n) is 5.20. The summed E-state index contributed by atoms with van der Waals surface area (Å²) in [6, 6.07) is 15.0. The quantitative estimate of drug-likeness (QED) is 0.632. The van der Waals surface area contributed by atoms with Crippen molar-refractivity contribution in [3.63, 3.8) is 0 Å². The summed E-state index contributed by atoms with van der Waals surface area (Å²) in [6.07, 6.45) is 0.881. The molecule has 0 aliphatic rings. The van der Waals surface area contributed by atoms with Crippen molar-refractivity contribution in [2.75, 3.05) is 20.3 Å². The third-order valence-corrected chi connectivity index (χ3v) is 3.31. The van der Waals surface area contributed by atoms with Crippen LogP contribution in [-0.2, 0) is 11.2 Å². The van der Waals surface area contributed by atoms with Gasteiger partial charge in [-0.25, -0.2) is 0 Å². The average molecular weight is 285 g/mol. The molecule has 0 saturated carbocycles. The van der Waals surface area contributed by atoms with Crippen LogP contribution in [0.15, 0.2) is 47.5 Å². The van der Waals surface area contributed by atoms with Crippen LogP contribution in [0.3, 0.4) is 0 Å². The Morgan fingerprint density at radius 1 is 1.24 bits per heavy atom. The van der Waals surface area contributed by atoms with Crippen molar-refractivity contribution < 1.29 is 4.74 Å². The van der Waals surface area contributed by atoms with Crippen LogP contribution in [0.2, 0.25) is 0 Å². The Labute approximate surface area is 126 Å². The van der Waals surface area contributed by atoms with Crippen molar-refractivity contribution in [3.05, 3.63) is 48.0 Å². The molecule has 2 aromatic carbocycles. The number of nitrogens with zero attached hydrogens (tertiary/aromatic N) is 1. The molecule has 21 heavy (non-hydrogen) atoms. The Hall–Kier alpha value is -2.07. The lowest BCUT2D eigenvalue weighted by Crippen LogP contribution is -2.40. The fourth-order valence-corrected chi connectivity index (χ4v) is 2.29. The highest BCUT2D eigenvalue weighted by Gasteiger charge is 2.01. The van der Waals surface area contributed by atoms with E-state index in [2.05, 4.69) is 52.8 Å². The van der Waals surface area contributed by atoms with E-state index in [0.717, 1.165) is 6.42 Å². The molecule has 4 heteroatoms. The lowest BCUT2D eigenvalue weighted by atomic mass is 10.1. The molecule has 0 bridgehead atoms. The first-order valence-corrected chi connectivity index (χ1v) is 7.22. The Morgan fingerprint density at radius 2 is 2.00 bits per heavy atom. The zero-order valence-corrected chi connectivity index (χ0v) is 12.7. The minimum Gasteiger partial charge on any atom is -0.383 e. The summed E-state index contributed by atoms with van der Waals surface area (Å²) in [7, 11) is 1.67. The topological polar surface area (TPSA) is 59.6 Å². The highest BCUT2D eigenvalue weighted by molar-refractivity contribution is 5.83. The fourth-order valence-electron chi connectivity index (χ4n) is 2.29. The van der Waals surface area contributed by atoms with Gasteiger partial charge >= 0.3 is 0 Å². The van der Waals surface area contributed by atoms with Gasteiger partial charge in [0.2, 0.25) is 0 Å². The number of benzene rings is 2. The fraction of sp³-hybridized carbons (Fsp3) is 0.353. The van der Waals surface area contributed by atoms with Crippen molar-refractivity contribution in [2.45, 2.75) is 19.4 Å². The van der Waals surface area contributed by atoms with Crippen molar-refractivity contribution >= 4 is 16.7 Å². The van der Waals surface area contributed by atoms with Crippen LogP contribution >= 0.6 is 0 Å². The van der Waals surface area contributed by atoms with E-state index >= 15 is 0 Å². The van der Waals surface area contributed by atoms with Crippen LogP contribution in [0.1, 0.15) is 12.5 Å². The second-order valence-corrected chi connectivity index (χ2v) is 5.20. The number of aliphatic imine (C=N–C) groups is 1. The van der Waals surface area contributed by atoms with Gasteiger partial charge in [0.1, 0.15) is 0 Å². The predicted octanol–water partition coefficient (Wildman–Crippen LogP) is 2.32. The molecule has 0 heterocycles. The number of guanidine groups is 1. The van der Waals surface area contributed by atoms with Crippen molar-refractivity contribution in [3.8, 4) is 0 Å². The summed E-state index contributed by atoms with van der Waals surface area (Å²) in [5, 5.41) is 5.63. The molecule has 112 valence electrons. The number of nitrogens with two attached hydrogens (primary N) is 1. The van der Waals surface area contributed by atoms with Gasteiger partial charge in [-0.2, -0.15) is 0 Å². The number of methoxy groups -OCH3 is 1. The van der Waals surface area contributed by atoms with E-state index in [1.165, 1.54) is 16.3 Å². The molecular weight excluding hydrogens is 262 g/mol. The van der Waals surface area contributed by atoms with Crippen LogP contribution < -0.4 is 11.1 Å². The number of ether oxygens (including phenoxy) is 1. The maximum absolute atomic E-state index is 5.84. The van der Waals surface area contributed by atoms with Gasteiger partial charge in [-0.15, -0.1) is 0 Å². The summed E-state index contributed by atoms with van der Waals surface area (Å²) in [4.78, 5) is 4.35. The third kappa shape index (κ3) is 4.76. The minimum atomic E-state index is 0.166. The number of hydrogen-bond acceptors (Lipinski definition) is 2. The summed E-state index contributed by atoms with van der Waals surface area (Å²) < 4.78 is 5.05. The maximum atomic E-state index is 5.84. The monoisotopic (exact) mass is 285 g/mol. The first-order chi connectivity index (χ1) is 10.2. The van der Waals surface area contributed by atoms with Gasteiger partial charge < -0.3 is 15.8 Å². The van der Waals surface area contributed by atoms with E-state index in [9.17, 15) is 0 Å². The van der Waals surface area contributed by atoms with Crippen LogP contribution in [0.5, 0.6) is 0 Å². The standard InChI is InChI=1S/C17H23N3O/c1-13(12-21-2)20-17(18)19-10-9-14-7-8-15-5-3-4-6-16(15)11-14/h3-8,11,13H,9-10,12H2,1-2H3,(H3,18,19,20). The zero-order valence-electron chi connectivity index (χ0n) is 12.7. The molecule has 1 atom stereocenters. The molecule has 0 fully saturated rings. The van der Waals surface area contributed by atoms with Gasteiger partial charge in [0.25, 0.3) is 0 Å². The molecular formula is C17H23N3O. The molecule has 0 radical (unpaired) electrons. The van der Waals surface area contributed by atoms with Crippen molar-refractivity contribution in [1.29, 1.82) is 0 Å². The Bertz CT molecular complexity index is 610. The Balaban J connectivity index is 1.89.